The molecule has 0 aliphatic heterocycles. The molecule has 3 rings (SSSR count). The molecule has 1 aromatic rings. The van der Waals surface area contributed by atoms with Crippen molar-refractivity contribution in [2.45, 2.75) is 44.4 Å². The van der Waals surface area contributed by atoms with Crippen LogP contribution in [0, 0.1) is 0 Å². The molecule has 0 saturated heterocycles. The van der Waals surface area contributed by atoms with Crippen molar-refractivity contribution >= 4 is 5.69 Å². The number of fused-ring (bicyclic) bond motifs is 1. The van der Waals surface area contributed by atoms with Crippen molar-refractivity contribution in [1.29, 1.82) is 0 Å². The molecule has 1 fully saturated rings. The van der Waals surface area contributed by atoms with Crippen LogP contribution in [-0.2, 0) is 12.8 Å². The van der Waals surface area contributed by atoms with Gasteiger partial charge in [-0.1, -0.05) is 6.42 Å². The van der Waals surface area contributed by atoms with E-state index in [1.54, 1.807) is 0 Å². The van der Waals surface area contributed by atoms with E-state index in [9.17, 15) is 0 Å². The molecule has 2 N–H and O–H groups in total. The second-order valence-electron chi connectivity index (χ2n) is 4.53. The third kappa shape index (κ3) is 1.06. The third-order valence-corrected chi connectivity index (χ3v) is 3.70. The van der Waals surface area contributed by atoms with E-state index in [0.29, 0.717) is 0 Å². The Labute approximate surface area is 84.5 Å². The molecule has 0 radical (unpaired) electrons. The molecule has 2 nitrogen and oxygen atoms in total. The average Bonchev–Trinajstić information content (AvgIpc) is 2.54. The number of hydrogen-bond donors (Lipinski definition) is 1. The van der Waals surface area contributed by atoms with Gasteiger partial charge in [-0.05, 0) is 49.1 Å². The summed E-state index contributed by atoms with van der Waals surface area (Å²) >= 11 is 0. The molecule has 74 valence electrons. The summed E-state index contributed by atoms with van der Waals surface area (Å²) in [6.45, 7) is 0. The zero-order valence-corrected chi connectivity index (χ0v) is 8.42. The van der Waals surface area contributed by atoms with Gasteiger partial charge < -0.3 is 5.73 Å². The molecule has 0 atom stereocenters. The van der Waals surface area contributed by atoms with Crippen LogP contribution in [0.25, 0.3) is 0 Å². The molecule has 0 amide bonds. The van der Waals surface area contributed by atoms with Crippen LogP contribution in [0.5, 0.6) is 0 Å². The van der Waals surface area contributed by atoms with Gasteiger partial charge in [-0.3, -0.25) is 4.98 Å². The lowest BCUT2D eigenvalue weighted by atomic mass is 9.77. The molecule has 0 unspecified atom stereocenters. The molecular weight excluding hydrogens is 172 g/mol. The first-order chi connectivity index (χ1) is 6.86. The van der Waals surface area contributed by atoms with Gasteiger partial charge in [-0.25, -0.2) is 0 Å². The van der Waals surface area contributed by atoms with Crippen LogP contribution in [0.1, 0.15) is 48.4 Å². The van der Waals surface area contributed by atoms with Crippen molar-refractivity contribution in [3.63, 3.8) is 0 Å². The second-order valence-corrected chi connectivity index (χ2v) is 4.53. The monoisotopic (exact) mass is 188 g/mol. The number of aromatic nitrogens is 1. The highest BCUT2D eigenvalue weighted by atomic mass is 14.7. The first kappa shape index (κ1) is 8.27. The number of aryl methyl sites for hydroxylation is 1. The molecular formula is C12H16N2. The number of anilines is 1. The Kier molecular flexibility index (Phi) is 1.76. The van der Waals surface area contributed by atoms with Gasteiger partial charge in [0.1, 0.15) is 0 Å². The van der Waals surface area contributed by atoms with Gasteiger partial charge in [-0.15, -0.1) is 0 Å². The van der Waals surface area contributed by atoms with E-state index < -0.39 is 0 Å². The molecule has 14 heavy (non-hydrogen) atoms. The van der Waals surface area contributed by atoms with Crippen molar-refractivity contribution in [2.75, 3.05) is 5.73 Å². The highest BCUT2D eigenvalue weighted by molar-refractivity contribution is 5.54. The second kappa shape index (κ2) is 2.97. The van der Waals surface area contributed by atoms with Gasteiger partial charge in [0.05, 0.1) is 11.9 Å². The molecule has 0 bridgehead atoms. The predicted molar refractivity (Wildman–Crippen MR) is 57.3 cm³/mol. The summed E-state index contributed by atoms with van der Waals surface area (Å²) in [5.41, 5.74) is 11.3. The van der Waals surface area contributed by atoms with Gasteiger partial charge in [-0.2, -0.15) is 0 Å². The van der Waals surface area contributed by atoms with Gasteiger partial charge >= 0.3 is 0 Å². The Morgan fingerprint density at radius 3 is 2.79 bits per heavy atom. The summed E-state index contributed by atoms with van der Waals surface area (Å²) in [4.78, 5) is 4.44. The minimum Gasteiger partial charge on any atom is -0.397 e. The number of rotatable bonds is 1. The van der Waals surface area contributed by atoms with Crippen molar-refractivity contribution in [3.05, 3.63) is 23.0 Å². The fraction of sp³-hybridized carbons (Fsp3) is 0.583. The smallest absolute Gasteiger partial charge is 0.0538 e. The quantitative estimate of drug-likeness (QED) is 0.735. The summed E-state index contributed by atoms with van der Waals surface area (Å²) in [5.74, 6) is 0.754. The molecule has 0 aromatic carbocycles. The molecule has 2 aliphatic rings. The largest absolute Gasteiger partial charge is 0.397 e. The van der Waals surface area contributed by atoms with Gasteiger partial charge in [0.25, 0.3) is 0 Å². The predicted octanol–water partition coefficient (Wildman–Crippen LogP) is 2.42. The standard InChI is InChI=1S/C12H16N2/c13-10-7-14-11-6-2-5-9(11)12(10)8-3-1-4-8/h7-8H,1-6,13H2. The van der Waals surface area contributed by atoms with Gasteiger partial charge in [0.15, 0.2) is 0 Å². The Bertz CT molecular complexity index is 367. The normalized spacial score (nSPS) is 20.6. The molecule has 1 aromatic heterocycles. The van der Waals surface area contributed by atoms with Gasteiger partial charge in [0, 0.05) is 5.69 Å². The summed E-state index contributed by atoms with van der Waals surface area (Å²) in [6.07, 6.45) is 9.56. The summed E-state index contributed by atoms with van der Waals surface area (Å²) in [6, 6.07) is 0. The van der Waals surface area contributed by atoms with E-state index in [1.165, 1.54) is 48.9 Å². The van der Waals surface area contributed by atoms with Crippen LogP contribution in [0.4, 0.5) is 5.69 Å². The molecule has 2 aliphatic carbocycles. The highest BCUT2D eigenvalue weighted by Gasteiger charge is 2.27. The SMILES string of the molecule is Nc1cnc2c(c1C1CCC1)CCC2. The Morgan fingerprint density at radius 2 is 2.07 bits per heavy atom. The van der Waals surface area contributed by atoms with Crippen LogP contribution in [0.3, 0.4) is 0 Å². The topological polar surface area (TPSA) is 38.9 Å². The zero-order chi connectivity index (χ0) is 9.54. The fourth-order valence-electron chi connectivity index (χ4n) is 2.73. The number of hydrogen-bond acceptors (Lipinski definition) is 2. The van der Waals surface area contributed by atoms with Crippen LogP contribution in [0.15, 0.2) is 6.20 Å². The summed E-state index contributed by atoms with van der Waals surface area (Å²) in [5, 5.41) is 0. The van der Waals surface area contributed by atoms with Crippen molar-refractivity contribution in [2.24, 2.45) is 0 Å². The number of pyridine rings is 1. The lowest BCUT2D eigenvalue weighted by Crippen LogP contribution is -2.14. The minimum absolute atomic E-state index is 0.754. The van der Waals surface area contributed by atoms with E-state index >= 15 is 0 Å². The number of nitrogens with two attached hydrogens (primary N) is 1. The first-order valence-electron chi connectivity index (χ1n) is 5.62. The molecule has 1 saturated carbocycles. The Morgan fingerprint density at radius 1 is 1.21 bits per heavy atom. The Hall–Kier alpha value is -1.05. The van der Waals surface area contributed by atoms with Crippen LogP contribution < -0.4 is 5.73 Å². The van der Waals surface area contributed by atoms with Crippen LogP contribution in [-0.4, -0.2) is 4.98 Å². The lowest BCUT2D eigenvalue weighted by Gasteiger charge is -2.28. The molecule has 0 spiro atoms. The average molecular weight is 188 g/mol. The Balaban J connectivity index is 2.11. The third-order valence-electron chi connectivity index (χ3n) is 3.70. The lowest BCUT2D eigenvalue weighted by molar-refractivity contribution is 0.418. The van der Waals surface area contributed by atoms with E-state index in [2.05, 4.69) is 4.98 Å². The van der Waals surface area contributed by atoms with E-state index in [4.69, 9.17) is 5.73 Å². The summed E-state index contributed by atoms with van der Waals surface area (Å²) in [7, 11) is 0. The first-order valence-corrected chi connectivity index (χ1v) is 5.62. The maximum absolute atomic E-state index is 6.04. The number of nitrogens with zero attached hydrogens (tertiary/aromatic N) is 1. The van der Waals surface area contributed by atoms with Crippen molar-refractivity contribution in [3.8, 4) is 0 Å². The zero-order valence-electron chi connectivity index (χ0n) is 8.42. The van der Waals surface area contributed by atoms with Crippen LogP contribution in [0.2, 0.25) is 0 Å². The van der Waals surface area contributed by atoms with E-state index in [1.807, 2.05) is 6.20 Å². The summed E-state index contributed by atoms with van der Waals surface area (Å²) < 4.78 is 0. The molecule has 1 heterocycles. The highest BCUT2D eigenvalue weighted by Crippen LogP contribution is 2.42. The van der Waals surface area contributed by atoms with Crippen molar-refractivity contribution in [1.82, 2.24) is 4.98 Å². The fourth-order valence-corrected chi connectivity index (χ4v) is 2.73. The number of nitrogen functional groups attached to an aromatic ring is 1. The maximum Gasteiger partial charge on any atom is 0.0538 e. The van der Waals surface area contributed by atoms with E-state index in [-0.39, 0.29) is 0 Å². The minimum atomic E-state index is 0.754. The maximum atomic E-state index is 6.04. The van der Waals surface area contributed by atoms with Crippen molar-refractivity contribution < 1.29 is 0 Å². The molecule has 2 heteroatoms. The van der Waals surface area contributed by atoms with Gasteiger partial charge in [0.2, 0.25) is 0 Å². The van der Waals surface area contributed by atoms with Crippen LogP contribution >= 0.6 is 0 Å². The van der Waals surface area contributed by atoms with E-state index in [0.717, 1.165) is 18.0 Å².